The zero-order valence-corrected chi connectivity index (χ0v) is 16.0. The zero-order valence-electron chi connectivity index (χ0n) is 16.0. The highest BCUT2D eigenvalue weighted by molar-refractivity contribution is 5.41. The molecule has 2 aromatic carbocycles. The molecule has 2 aliphatic rings. The van der Waals surface area contributed by atoms with Gasteiger partial charge in [-0.2, -0.15) is 0 Å². The summed E-state index contributed by atoms with van der Waals surface area (Å²) in [6, 6.07) is 9.15. The van der Waals surface area contributed by atoms with E-state index in [1.165, 1.54) is 38.9 Å². The lowest BCUT2D eigenvalue weighted by Gasteiger charge is -2.06. The summed E-state index contributed by atoms with van der Waals surface area (Å²) in [5, 5.41) is 0. The molecule has 0 aliphatic carbocycles. The maximum Gasteiger partial charge on any atom is 0.0240 e. The van der Waals surface area contributed by atoms with Crippen LogP contribution in [0.2, 0.25) is 0 Å². The molecule has 0 N–H and O–H groups in total. The van der Waals surface area contributed by atoms with Gasteiger partial charge in [0.15, 0.2) is 0 Å². The number of hydrogen-bond donors (Lipinski definition) is 0. The number of hydrogen-bond acceptors (Lipinski definition) is 2. The third-order valence-electron chi connectivity index (χ3n) is 5.53. The van der Waals surface area contributed by atoms with Gasteiger partial charge in [0, 0.05) is 26.2 Å². The van der Waals surface area contributed by atoms with Crippen LogP contribution in [0.3, 0.4) is 0 Å². The van der Waals surface area contributed by atoms with Gasteiger partial charge in [0.2, 0.25) is 0 Å². The van der Waals surface area contributed by atoms with E-state index in [-0.39, 0.29) is 0 Å². The fourth-order valence-corrected chi connectivity index (χ4v) is 3.78. The van der Waals surface area contributed by atoms with Gasteiger partial charge >= 0.3 is 0 Å². The molecule has 0 saturated carbocycles. The smallest absolute Gasteiger partial charge is 0.0240 e. The Morgan fingerprint density at radius 1 is 0.625 bits per heavy atom. The predicted octanol–water partition coefficient (Wildman–Crippen LogP) is 4.50. The molecule has 0 radical (unpaired) electrons. The van der Waals surface area contributed by atoms with Crippen molar-refractivity contribution >= 4 is 0 Å². The van der Waals surface area contributed by atoms with Crippen molar-refractivity contribution in [3.63, 3.8) is 0 Å². The molecule has 128 valence electrons. The van der Waals surface area contributed by atoms with Crippen molar-refractivity contribution in [1.82, 2.24) is 9.80 Å². The highest BCUT2D eigenvalue weighted by Gasteiger charge is 2.17. The molecule has 2 aromatic rings. The van der Waals surface area contributed by atoms with Gasteiger partial charge in [0.1, 0.15) is 0 Å². The van der Waals surface area contributed by atoms with Gasteiger partial charge in [-0.15, -0.1) is 0 Å². The predicted molar refractivity (Wildman–Crippen MR) is 102 cm³/mol. The molecule has 2 nitrogen and oxygen atoms in total. The lowest BCUT2D eigenvalue weighted by Crippen LogP contribution is -2.07. The van der Waals surface area contributed by atoms with Crippen molar-refractivity contribution in [2.75, 3.05) is 14.1 Å². The van der Waals surface area contributed by atoms with Crippen LogP contribution in [0, 0.1) is 27.7 Å². The number of aryl methyl sites for hydroxylation is 3. The maximum absolute atomic E-state index is 2.36. The van der Waals surface area contributed by atoms with Gasteiger partial charge in [-0.25, -0.2) is 0 Å². The third-order valence-corrected chi connectivity index (χ3v) is 5.53. The minimum absolute atomic E-state index is 1.12. The molecule has 0 unspecified atom stereocenters. The molecule has 2 heterocycles. The molecule has 4 rings (SSSR count). The minimum atomic E-state index is 1.12. The highest BCUT2D eigenvalue weighted by Crippen LogP contribution is 2.26. The van der Waals surface area contributed by atoms with Crippen LogP contribution in [-0.2, 0) is 26.2 Å². The molecular formula is C22H30N2. The molecular weight excluding hydrogens is 292 g/mol. The van der Waals surface area contributed by atoms with Crippen LogP contribution >= 0.6 is 0 Å². The van der Waals surface area contributed by atoms with E-state index in [4.69, 9.17) is 0 Å². The van der Waals surface area contributed by atoms with Gasteiger partial charge in [0.25, 0.3) is 0 Å². The fourth-order valence-electron chi connectivity index (χ4n) is 3.78. The summed E-state index contributed by atoms with van der Waals surface area (Å²) in [7, 11) is 4.35. The first-order valence-electron chi connectivity index (χ1n) is 8.89. The second-order valence-electron chi connectivity index (χ2n) is 7.69. The summed E-state index contributed by atoms with van der Waals surface area (Å²) in [6.07, 6.45) is 0. The summed E-state index contributed by atoms with van der Waals surface area (Å²) in [5.74, 6) is 0. The molecule has 0 bridgehead atoms. The van der Waals surface area contributed by atoms with Gasteiger partial charge in [-0.1, -0.05) is 24.3 Å². The van der Waals surface area contributed by atoms with Crippen LogP contribution in [0.5, 0.6) is 0 Å². The number of fused-ring (bicyclic) bond motifs is 2. The average Bonchev–Trinajstić information content (AvgIpc) is 3.06. The topological polar surface area (TPSA) is 6.48 Å². The molecule has 2 aliphatic heterocycles. The van der Waals surface area contributed by atoms with Gasteiger partial charge in [-0.3, -0.25) is 9.80 Å². The Labute approximate surface area is 147 Å². The van der Waals surface area contributed by atoms with Crippen LogP contribution in [0.25, 0.3) is 0 Å². The number of benzene rings is 2. The summed E-state index contributed by atoms with van der Waals surface area (Å²) in [5.41, 5.74) is 11.8. The molecule has 24 heavy (non-hydrogen) atoms. The Bertz CT molecular complexity index is 730. The summed E-state index contributed by atoms with van der Waals surface area (Å²) in [4.78, 5) is 4.71. The van der Waals surface area contributed by atoms with Crippen LogP contribution in [0.15, 0.2) is 24.3 Å². The Morgan fingerprint density at radius 3 is 1.71 bits per heavy atom. The zero-order chi connectivity index (χ0) is 17.4. The molecule has 0 spiro atoms. The van der Waals surface area contributed by atoms with E-state index in [1.807, 2.05) is 0 Å². The molecule has 0 saturated heterocycles. The summed E-state index contributed by atoms with van der Waals surface area (Å²) in [6.45, 7) is 13.3. The van der Waals surface area contributed by atoms with E-state index < -0.39 is 0 Å². The molecule has 0 amide bonds. The largest absolute Gasteiger partial charge is 0.298 e. The van der Waals surface area contributed by atoms with Crippen molar-refractivity contribution in [3.05, 3.63) is 68.8 Å². The second-order valence-corrected chi connectivity index (χ2v) is 7.69. The number of rotatable bonds is 0. The minimum Gasteiger partial charge on any atom is -0.298 e. The Kier molecular flexibility index (Phi) is 4.80. The van der Waals surface area contributed by atoms with E-state index in [0.717, 1.165) is 26.2 Å². The molecule has 0 aromatic heterocycles. The van der Waals surface area contributed by atoms with Crippen molar-refractivity contribution in [1.29, 1.82) is 0 Å². The monoisotopic (exact) mass is 322 g/mol. The SMILES string of the molecule is Cc1cc2c(cc1C)CN(C)C2.Cc1ccc2c(c1C)CN(C)C2. The van der Waals surface area contributed by atoms with E-state index in [1.54, 1.807) is 5.56 Å². The van der Waals surface area contributed by atoms with Crippen LogP contribution in [0.4, 0.5) is 0 Å². The normalized spacial score (nSPS) is 16.6. The van der Waals surface area contributed by atoms with Crippen LogP contribution in [0.1, 0.15) is 44.5 Å². The van der Waals surface area contributed by atoms with E-state index in [9.17, 15) is 0 Å². The first-order chi connectivity index (χ1) is 11.3. The van der Waals surface area contributed by atoms with Crippen molar-refractivity contribution < 1.29 is 0 Å². The highest BCUT2D eigenvalue weighted by atomic mass is 15.1. The first kappa shape index (κ1) is 17.2. The van der Waals surface area contributed by atoms with Crippen LogP contribution < -0.4 is 0 Å². The van der Waals surface area contributed by atoms with Gasteiger partial charge < -0.3 is 0 Å². The molecule has 0 fully saturated rings. The summed E-state index contributed by atoms with van der Waals surface area (Å²) >= 11 is 0. The fraction of sp³-hybridized carbons (Fsp3) is 0.455. The van der Waals surface area contributed by atoms with Crippen molar-refractivity contribution in [2.24, 2.45) is 0 Å². The van der Waals surface area contributed by atoms with Crippen molar-refractivity contribution in [2.45, 2.75) is 53.9 Å². The maximum atomic E-state index is 2.36. The summed E-state index contributed by atoms with van der Waals surface area (Å²) < 4.78 is 0. The van der Waals surface area contributed by atoms with Gasteiger partial charge in [-0.05, 0) is 86.3 Å². The lowest BCUT2D eigenvalue weighted by molar-refractivity contribution is 0.353. The second kappa shape index (κ2) is 6.70. The van der Waals surface area contributed by atoms with E-state index >= 15 is 0 Å². The average molecular weight is 322 g/mol. The lowest BCUT2D eigenvalue weighted by atomic mass is 10.0. The Hall–Kier alpha value is -1.64. The van der Waals surface area contributed by atoms with Crippen LogP contribution in [-0.4, -0.2) is 23.9 Å². The van der Waals surface area contributed by atoms with E-state index in [0.29, 0.717) is 0 Å². The molecule has 2 heteroatoms. The third kappa shape index (κ3) is 3.40. The van der Waals surface area contributed by atoms with Crippen molar-refractivity contribution in [3.8, 4) is 0 Å². The first-order valence-corrected chi connectivity index (χ1v) is 8.89. The standard InChI is InChI=1S/2C11H15N/c1-8-4-10-6-12(3)7-11(10)5-9(8)2;1-8-4-5-10-6-12(3)7-11(10)9(8)2/h2*4-5H,6-7H2,1-3H3. The Balaban J connectivity index is 0.000000141. The quantitative estimate of drug-likeness (QED) is 0.705. The molecule has 0 atom stereocenters. The van der Waals surface area contributed by atoms with Gasteiger partial charge in [0.05, 0.1) is 0 Å². The number of nitrogens with zero attached hydrogens (tertiary/aromatic N) is 2. The Morgan fingerprint density at radius 2 is 1.12 bits per heavy atom. The van der Waals surface area contributed by atoms with E-state index in [2.05, 4.69) is 75.9 Å².